The van der Waals surface area contributed by atoms with Gasteiger partial charge in [0.25, 0.3) is 0 Å². The number of hydrogen-bond donors (Lipinski definition) is 0. The van der Waals surface area contributed by atoms with Crippen LogP contribution >= 0.6 is 0 Å². The van der Waals surface area contributed by atoms with Crippen molar-refractivity contribution in [2.45, 2.75) is 40.8 Å². The summed E-state index contributed by atoms with van der Waals surface area (Å²) in [6.07, 6.45) is 3.36. The third kappa shape index (κ3) is 8.41. The van der Waals surface area contributed by atoms with Gasteiger partial charge in [0, 0.05) is 0 Å². The van der Waals surface area contributed by atoms with E-state index >= 15 is 0 Å². The van der Waals surface area contributed by atoms with Crippen molar-refractivity contribution in [2.75, 3.05) is 7.11 Å². The summed E-state index contributed by atoms with van der Waals surface area (Å²) in [5.74, 6) is 1.48. The Morgan fingerprint density at radius 2 is 1.50 bits per heavy atom. The predicted octanol–water partition coefficient (Wildman–Crippen LogP) is 1.75. The molecule has 0 aromatic heterocycles. The Kier molecular flexibility index (Phi) is 14.6. The Morgan fingerprint density at radius 1 is 0.938 bits per heavy atom. The first kappa shape index (κ1) is 31.0. The molecule has 1 aliphatic rings. The zero-order valence-electron chi connectivity index (χ0n) is 20.0. The molecular formula is C27H32Cl2OSiZr-2. The Morgan fingerprint density at radius 3 is 2.00 bits per heavy atom. The summed E-state index contributed by atoms with van der Waals surface area (Å²) in [7, 11) is 1.71. The molecule has 0 aliphatic heterocycles. The van der Waals surface area contributed by atoms with Gasteiger partial charge in [0.15, 0.2) is 0 Å². The number of rotatable bonds is 2. The van der Waals surface area contributed by atoms with Crippen LogP contribution in [0.1, 0.15) is 27.7 Å². The van der Waals surface area contributed by atoms with E-state index in [0.717, 1.165) is 11.3 Å². The maximum absolute atomic E-state index is 5.42. The molecule has 1 unspecified atom stereocenters. The number of methoxy groups -OCH3 is 1. The van der Waals surface area contributed by atoms with Crippen LogP contribution in [-0.2, 0) is 23.3 Å². The summed E-state index contributed by atoms with van der Waals surface area (Å²) >= 11 is 1.74. The van der Waals surface area contributed by atoms with E-state index in [-0.39, 0.29) is 30.2 Å². The Balaban J connectivity index is 0.000000547. The first-order chi connectivity index (χ1) is 14.3. The van der Waals surface area contributed by atoms with Gasteiger partial charge in [-0.2, -0.15) is 11.1 Å². The van der Waals surface area contributed by atoms with Crippen LogP contribution in [0.25, 0.3) is 21.9 Å². The minimum absolute atomic E-state index is 0. The first-order valence-electron chi connectivity index (χ1n) is 10.3. The fourth-order valence-corrected chi connectivity index (χ4v) is 3.41. The molecule has 1 nitrogen and oxygen atoms in total. The third-order valence-electron chi connectivity index (χ3n) is 5.31. The van der Waals surface area contributed by atoms with Crippen molar-refractivity contribution in [3.63, 3.8) is 0 Å². The molecule has 3 aromatic carbocycles. The van der Waals surface area contributed by atoms with Crippen molar-refractivity contribution < 1.29 is 52.9 Å². The van der Waals surface area contributed by atoms with Gasteiger partial charge >= 0.3 is 41.9 Å². The Bertz CT molecular complexity index is 1080. The van der Waals surface area contributed by atoms with E-state index in [9.17, 15) is 0 Å². The van der Waals surface area contributed by atoms with E-state index in [2.05, 4.69) is 89.3 Å². The molecule has 0 saturated carbocycles. The Labute approximate surface area is 221 Å². The van der Waals surface area contributed by atoms with E-state index in [0.29, 0.717) is 5.92 Å². The van der Waals surface area contributed by atoms with Gasteiger partial charge in [0.2, 0.25) is 0 Å². The normalized spacial score (nSPS) is 14.2. The topological polar surface area (TPSA) is 9.23 Å². The van der Waals surface area contributed by atoms with Crippen molar-refractivity contribution in [1.29, 1.82) is 0 Å². The van der Waals surface area contributed by atoms with Crippen molar-refractivity contribution in [1.82, 2.24) is 0 Å². The number of hydrogen-bond acceptors (Lipinski definition) is 1. The fourth-order valence-electron chi connectivity index (χ4n) is 3.41. The minimum Gasteiger partial charge on any atom is -1.00 e. The second kappa shape index (κ2) is 15.0. The van der Waals surface area contributed by atoms with Gasteiger partial charge in [0.1, 0.15) is 5.75 Å². The minimum atomic E-state index is 0. The quantitative estimate of drug-likeness (QED) is 0.342. The monoisotopic (exact) mass is 560 g/mol. The molecular weight excluding hydrogens is 531 g/mol. The number of allylic oxidation sites excluding steroid dienone is 4. The maximum atomic E-state index is 5.42. The largest absolute Gasteiger partial charge is 1.00 e. The summed E-state index contributed by atoms with van der Waals surface area (Å²) in [6, 6.07) is 20.9. The van der Waals surface area contributed by atoms with Crippen molar-refractivity contribution >= 4 is 16.2 Å². The van der Waals surface area contributed by atoms with Gasteiger partial charge in [-0.15, -0.1) is 53.6 Å². The summed E-state index contributed by atoms with van der Waals surface area (Å²) in [4.78, 5) is 0. The van der Waals surface area contributed by atoms with Gasteiger partial charge in [-0.3, -0.25) is 6.08 Å². The smallest absolute Gasteiger partial charge is 1.00 e. The molecule has 170 valence electrons. The predicted molar refractivity (Wildman–Crippen MR) is 129 cm³/mol. The van der Waals surface area contributed by atoms with E-state index in [4.69, 9.17) is 4.74 Å². The molecule has 0 amide bonds. The van der Waals surface area contributed by atoms with Crippen LogP contribution in [0.2, 0.25) is 13.1 Å². The molecule has 1 aliphatic carbocycles. The SMILES string of the molecule is CC1=[C-]C(C)C(C)=C1C.COc1ccccc1-c1c[cH-]c2ccccc12.C[Si](C)=[Zr+2].[Cl-].[Cl-]. The molecule has 0 N–H and O–H groups in total. The van der Waals surface area contributed by atoms with Crippen LogP contribution in [0, 0.1) is 12.0 Å². The Hall–Kier alpha value is -0.990. The molecule has 0 radical (unpaired) electrons. The van der Waals surface area contributed by atoms with E-state index in [1.165, 1.54) is 33.1 Å². The van der Waals surface area contributed by atoms with Gasteiger partial charge < -0.3 is 29.6 Å². The molecule has 0 spiro atoms. The number of para-hydroxylation sites is 1. The zero-order chi connectivity index (χ0) is 22.3. The molecule has 1 atom stereocenters. The summed E-state index contributed by atoms with van der Waals surface area (Å²) in [5, 5.41) is 2.55. The van der Waals surface area contributed by atoms with Crippen LogP contribution in [0.3, 0.4) is 0 Å². The van der Waals surface area contributed by atoms with Gasteiger partial charge in [0.05, 0.1) is 7.11 Å². The van der Waals surface area contributed by atoms with Crippen LogP contribution in [0.4, 0.5) is 0 Å². The zero-order valence-corrected chi connectivity index (χ0v) is 25.0. The average Bonchev–Trinajstić information content (AvgIpc) is 3.25. The van der Waals surface area contributed by atoms with Crippen LogP contribution < -0.4 is 29.6 Å². The molecule has 0 saturated heterocycles. The standard InChI is InChI=1S/C16H13O.C9H13.C2H6Si.2ClH.Zr/c1-17-16-9-5-4-8-15(16)14-11-10-12-6-2-3-7-13(12)14;1-6-5-7(2)9(4)8(6)3;1-3-2;;;/h2-11H,1H3;6H,1-4H3;1-2H3;2*1H;/q2*-1;;;;+2/p-2. The van der Waals surface area contributed by atoms with Gasteiger partial charge in [-0.25, -0.2) is 5.57 Å². The third-order valence-corrected chi connectivity index (χ3v) is 5.31. The fraction of sp³-hybridized carbons (Fsp3) is 0.296. The second-order valence-electron chi connectivity index (χ2n) is 7.83. The maximum Gasteiger partial charge on any atom is -1.00 e. The molecule has 3 aromatic rings. The van der Waals surface area contributed by atoms with Crippen molar-refractivity contribution in [2.24, 2.45) is 5.92 Å². The molecule has 5 heteroatoms. The van der Waals surface area contributed by atoms with Gasteiger partial charge in [-0.1, -0.05) is 51.0 Å². The summed E-state index contributed by atoms with van der Waals surface area (Å²) in [5.41, 5.74) is 6.84. The van der Waals surface area contributed by atoms with Crippen LogP contribution in [0.5, 0.6) is 5.75 Å². The van der Waals surface area contributed by atoms with E-state index in [1.807, 2.05) is 18.2 Å². The second-order valence-corrected chi connectivity index (χ2v) is 17.2. The molecule has 0 bridgehead atoms. The molecule has 0 heterocycles. The van der Waals surface area contributed by atoms with Crippen LogP contribution in [-0.4, -0.2) is 12.5 Å². The van der Waals surface area contributed by atoms with E-state index < -0.39 is 0 Å². The molecule has 4 rings (SSSR count). The van der Waals surface area contributed by atoms with Crippen molar-refractivity contribution in [3.8, 4) is 16.9 Å². The summed E-state index contributed by atoms with van der Waals surface area (Å²) in [6.45, 7) is 13.3. The number of benzene rings is 2. The van der Waals surface area contributed by atoms with Gasteiger partial charge in [-0.05, 0) is 11.6 Å². The summed E-state index contributed by atoms with van der Waals surface area (Å²) < 4.78 is 5.42. The van der Waals surface area contributed by atoms with Crippen molar-refractivity contribution in [3.05, 3.63) is 83.5 Å². The number of ether oxygens (including phenoxy) is 1. The van der Waals surface area contributed by atoms with E-state index in [1.54, 1.807) is 30.4 Å². The first-order valence-corrected chi connectivity index (χ1v) is 16.5. The van der Waals surface area contributed by atoms with Crippen LogP contribution in [0.15, 0.2) is 77.4 Å². The molecule has 0 fully saturated rings. The average molecular weight is 563 g/mol. The number of halogens is 2. The number of fused-ring (bicyclic) bond motifs is 1. The molecule has 32 heavy (non-hydrogen) atoms.